The molecule has 11 heteroatoms. The molecule has 0 aliphatic carbocycles. The molecular formula is C23H23F3N4O3S. The Kier molecular flexibility index (Phi) is 6.76. The van der Waals surface area contributed by atoms with Crippen LogP contribution in [0, 0.1) is 0 Å². The molecule has 0 N–H and O–H groups in total. The minimum absolute atomic E-state index is 0.126. The quantitative estimate of drug-likeness (QED) is 0.517. The van der Waals surface area contributed by atoms with Gasteiger partial charge in [0.05, 0.1) is 22.8 Å². The van der Waals surface area contributed by atoms with Crippen LogP contribution in [0.1, 0.15) is 12.5 Å². The summed E-state index contributed by atoms with van der Waals surface area (Å²) in [6.45, 7) is 3.43. The van der Waals surface area contributed by atoms with Gasteiger partial charge in [-0.1, -0.05) is 6.07 Å². The molecule has 0 spiro atoms. The van der Waals surface area contributed by atoms with Gasteiger partial charge >= 0.3 is 6.18 Å². The largest absolute Gasteiger partial charge is 0.494 e. The number of nitrogens with zero attached hydrogens (tertiary/aromatic N) is 4. The zero-order valence-corrected chi connectivity index (χ0v) is 19.2. The topological polar surface area (TPSA) is 75.6 Å². The summed E-state index contributed by atoms with van der Waals surface area (Å²) < 4.78 is 71.6. The summed E-state index contributed by atoms with van der Waals surface area (Å²) >= 11 is 0. The number of benzene rings is 2. The second-order valence-corrected chi connectivity index (χ2v) is 9.57. The highest BCUT2D eigenvalue weighted by Crippen LogP contribution is 2.31. The molecule has 1 saturated heterocycles. The first kappa shape index (κ1) is 24.0. The van der Waals surface area contributed by atoms with E-state index in [-0.39, 0.29) is 18.0 Å². The minimum atomic E-state index is -4.61. The molecule has 0 unspecified atom stereocenters. The number of halogens is 3. The number of hydrogen-bond donors (Lipinski definition) is 0. The second-order valence-electron chi connectivity index (χ2n) is 7.64. The standard InChI is InChI=1S/C23H23F3N4O3S/c1-2-33-19-8-6-17(7-9-19)21-15-22(28-16-27-21)29-10-12-30(13-11-29)34(31,32)20-5-3-4-18(14-20)23(24,25)26/h3-9,14-16H,2,10-13H2,1H3. The van der Waals surface area contributed by atoms with Gasteiger partial charge in [0.1, 0.15) is 17.9 Å². The molecule has 2 aromatic carbocycles. The highest BCUT2D eigenvalue weighted by atomic mass is 32.2. The molecule has 4 rings (SSSR count). The van der Waals surface area contributed by atoms with Gasteiger partial charge in [-0.25, -0.2) is 18.4 Å². The highest BCUT2D eigenvalue weighted by molar-refractivity contribution is 7.89. The van der Waals surface area contributed by atoms with E-state index in [1.807, 2.05) is 42.2 Å². The van der Waals surface area contributed by atoms with E-state index in [9.17, 15) is 21.6 Å². The average Bonchev–Trinajstić information content (AvgIpc) is 2.84. The Hall–Kier alpha value is -3.18. The van der Waals surface area contributed by atoms with E-state index < -0.39 is 21.8 Å². The summed E-state index contributed by atoms with van der Waals surface area (Å²) in [5.74, 6) is 1.41. The third kappa shape index (κ3) is 5.15. The lowest BCUT2D eigenvalue weighted by molar-refractivity contribution is -0.137. The van der Waals surface area contributed by atoms with Crippen molar-refractivity contribution in [2.75, 3.05) is 37.7 Å². The second kappa shape index (κ2) is 9.59. The first-order valence-electron chi connectivity index (χ1n) is 10.7. The average molecular weight is 493 g/mol. The van der Waals surface area contributed by atoms with E-state index in [1.165, 1.54) is 16.7 Å². The molecule has 0 radical (unpaired) electrons. The fourth-order valence-electron chi connectivity index (χ4n) is 3.71. The van der Waals surface area contributed by atoms with E-state index in [0.29, 0.717) is 37.3 Å². The van der Waals surface area contributed by atoms with E-state index in [4.69, 9.17) is 4.74 Å². The van der Waals surface area contributed by atoms with Gasteiger partial charge in [0.15, 0.2) is 0 Å². The van der Waals surface area contributed by atoms with E-state index in [0.717, 1.165) is 23.4 Å². The zero-order chi connectivity index (χ0) is 24.3. The SMILES string of the molecule is CCOc1ccc(-c2cc(N3CCN(S(=O)(=O)c4cccc(C(F)(F)F)c4)CC3)ncn2)cc1. The number of aromatic nitrogens is 2. The predicted octanol–water partition coefficient (Wildman–Crippen LogP) is 4.07. The normalized spacial score (nSPS) is 15.4. The number of sulfonamides is 1. The fourth-order valence-corrected chi connectivity index (χ4v) is 5.17. The van der Waals surface area contributed by atoms with Gasteiger partial charge in [-0.05, 0) is 49.4 Å². The first-order chi connectivity index (χ1) is 16.2. The predicted molar refractivity (Wildman–Crippen MR) is 121 cm³/mol. The Bertz CT molecular complexity index is 1240. The Morgan fingerprint density at radius 3 is 2.32 bits per heavy atom. The summed E-state index contributed by atoms with van der Waals surface area (Å²) in [6.07, 6.45) is -3.16. The molecule has 0 saturated carbocycles. The van der Waals surface area contributed by atoms with Crippen molar-refractivity contribution in [2.45, 2.75) is 18.0 Å². The van der Waals surface area contributed by atoms with Crippen LogP contribution in [0.4, 0.5) is 19.0 Å². The third-order valence-electron chi connectivity index (χ3n) is 5.48. The molecule has 0 atom stereocenters. The van der Waals surface area contributed by atoms with Crippen molar-refractivity contribution in [2.24, 2.45) is 0 Å². The third-order valence-corrected chi connectivity index (χ3v) is 7.37. The van der Waals surface area contributed by atoms with Gasteiger partial charge in [-0.15, -0.1) is 0 Å². The van der Waals surface area contributed by atoms with Crippen molar-refractivity contribution in [3.05, 3.63) is 66.5 Å². The van der Waals surface area contributed by atoms with Gasteiger partial charge in [-0.2, -0.15) is 17.5 Å². The Morgan fingerprint density at radius 1 is 0.971 bits per heavy atom. The van der Waals surface area contributed by atoms with Gasteiger partial charge in [-0.3, -0.25) is 0 Å². The summed E-state index contributed by atoms with van der Waals surface area (Å²) in [5.41, 5.74) is 0.611. The number of anilines is 1. The lowest BCUT2D eigenvalue weighted by atomic mass is 10.1. The Balaban J connectivity index is 1.46. The van der Waals surface area contributed by atoms with Crippen LogP contribution in [0.15, 0.2) is 65.8 Å². The first-order valence-corrected chi connectivity index (χ1v) is 12.1. The van der Waals surface area contributed by atoms with Crippen molar-refractivity contribution >= 4 is 15.8 Å². The van der Waals surface area contributed by atoms with Gasteiger partial charge < -0.3 is 9.64 Å². The van der Waals surface area contributed by atoms with Crippen molar-refractivity contribution < 1.29 is 26.3 Å². The lowest BCUT2D eigenvalue weighted by Crippen LogP contribution is -2.49. The van der Waals surface area contributed by atoms with E-state index >= 15 is 0 Å². The molecule has 0 bridgehead atoms. The van der Waals surface area contributed by atoms with Crippen LogP contribution < -0.4 is 9.64 Å². The van der Waals surface area contributed by atoms with Gasteiger partial charge in [0, 0.05) is 37.8 Å². The van der Waals surface area contributed by atoms with Crippen LogP contribution in [0.5, 0.6) is 5.75 Å². The van der Waals surface area contributed by atoms with Crippen molar-refractivity contribution in [3.8, 4) is 17.0 Å². The molecule has 1 aliphatic rings. The van der Waals surface area contributed by atoms with E-state index in [1.54, 1.807) is 0 Å². The van der Waals surface area contributed by atoms with Crippen molar-refractivity contribution in [1.29, 1.82) is 0 Å². The minimum Gasteiger partial charge on any atom is -0.494 e. The summed E-state index contributed by atoms with van der Waals surface area (Å²) in [5, 5.41) is 0. The summed E-state index contributed by atoms with van der Waals surface area (Å²) in [7, 11) is -4.05. The number of rotatable bonds is 6. The van der Waals surface area contributed by atoms with Crippen LogP contribution >= 0.6 is 0 Å². The zero-order valence-electron chi connectivity index (χ0n) is 18.4. The number of ether oxygens (including phenoxy) is 1. The lowest BCUT2D eigenvalue weighted by Gasteiger charge is -2.34. The molecule has 7 nitrogen and oxygen atoms in total. The van der Waals surface area contributed by atoms with Gasteiger partial charge in [0.2, 0.25) is 10.0 Å². The number of piperazine rings is 1. The van der Waals surface area contributed by atoms with Crippen LogP contribution in [0.25, 0.3) is 11.3 Å². The molecule has 1 aromatic heterocycles. The Labute approximate surface area is 195 Å². The van der Waals surface area contributed by atoms with Crippen LogP contribution in [-0.2, 0) is 16.2 Å². The molecule has 2 heterocycles. The molecule has 1 fully saturated rings. The molecule has 3 aromatic rings. The maximum atomic E-state index is 13.0. The fraction of sp³-hybridized carbons (Fsp3) is 0.304. The van der Waals surface area contributed by atoms with E-state index in [2.05, 4.69) is 9.97 Å². The molecule has 180 valence electrons. The van der Waals surface area contributed by atoms with Gasteiger partial charge in [0.25, 0.3) is 0 Å². The number of alkyl halides is 3. The smallest absolute Gasteiger partial charge is 0.416 e. The molecule has 34 heavy (non-hydrogen) atoms. The molecule has 1 aliphatic heterocycles. The highest BCUT2D eigenvalue weighted by Gasteiger charge is 2.34. The Morgan fingerprint density at radius 2 is 1.68 bits per heavy atom. The summed E-state index contributed by atoms with van der Waals surface area (Å²) in [6, 6.07) is 13.2. The molecular weight excluding hydrogens is 469 g/mol. The van der Waals surface area contributed by atoms with Crippen molar-refractivity contribution in [3.63, 3.8) is 0 Å². The maximum absolute atomic E-state index is 13.0. The monoisotopic (exact) mass is 492 g/mol. The van der Waals surface area contributed by atoms with Crippen LogP contribution in [0.3, 0.4) is 0 Å². The molecule has 0 amide bonds. The maximum Gasteiger partial charge on any atom is 0.416 e. The summed E-state index contributed by atoms with van der Waals surface area (Å²) in [4.78, 5) is 10.2. The van der Waals surface area contributed by atoms with Crippen LogP contribution in [0.2, 0.25) is 0 Å². The van der Waals surface area contributed by atoms with Crippen molar-refractivity contribution in [1.82, 2.24) is 14.3 Å². The van der Waals surface area contributed by atoms with Crippen LogP contribution in [-0.4, -0.2) is 55.5 Å². The number of hydrogen-bond acceptors (Lipinski definition) is 6.